The van der Waals surface area contributed by atoms with Crippen LogP contribution >= 0.6 is 24.0 Å². The fraction of sp³-hybridized carbons (Fsp3) is 0.143. The molecule has 8 nitrogen and oxygen atoms in total. The summed E-state index contributed by atoms with van der Waals surface area (Å²) in [4.78, 5) is 37.7. The van der Waals surface area contributed by atoms with Crippen molar-refractivity contribution in [1.29, 1.82) is 0 Å². The quantitative estimate of drug-likeness (QED) is 0.287. The Hall–Kier alpha value is -3.51. The molecule has 0 aromatic heterocycles. The normalized spacial score (nSPS) is 14.8. The van der Waals surface area contributed by atoms with Crippen molar-refractivity contribution in [1.82, 2.24) is 4.90 Å². The number of para-hydroxylation sites is 1. The summed E-state index contributed by atoms with van der Waals surface area (Å²) in [7, 11) is 0. The van der Waals surface area contributed by atoms with Crippen LogP contribution in [-0.4, -0.2) is 50.4 Å². The number of phenolic OH excluding ortho intramolecular Hbond substituents is 1. The first kappa shape index (κ1) is 24.1. The maximum absolute atomic E-state index is 12.7. The summed E-state index contributed by atoms with van der Waals surface area (Å²) >= 11 is 6.16. The number of aromatic carboxylic acids is 1. The number of thioether (sulfide) groups is 1. The van der Waals surface area contributed by atoms with Crippen LogP contribution in [0.2, 0.25) is 0 Å². The number of aromatic hydroxyl groups is 1. The summed E-state index contributed by atoms with van der Waals surface area (Å²) in [6.45, 7) is -3.11. The molecule has 2 amide bonds. The number of nitrogens with one attached hydrogen (secondary N) is 1. The lowest BCUT2D eigenvalue weighted by Gasteiger charge is -2.15. The van der Waals surface area contributed by atoms with Gasteiger partial charge in [-0.15, -0.1) is 0 Å². The number of halogens is 2. The van der Waals surface area contributed by atoms with Crippen LogP contribution in [0.3, 0.4) is 0 Å². The third-order valence-electron chi connectivity index (χ3n) is 4.37. The van der Waals surface area contributed by atoms with E-state index in [0.29, 0.717) is 0 Å². The molecule has 0 unspecified atom stereocenters. The number of hydrogen-bond acceptors (Lipinski definition) is 7. The maximum Gasteiger partial charge on any atom is 0.387 e. The number of carboxylic acid groups (broad SMARTS) is 1. The van der Waals surface area contributed by atoms with Crippen LogP contribution in [0.5, 0.6) is 11.5 Å². The minimum absolute atomic E-state index is 0.00813. The van der Waals surface area contributed by atoms with Crippen molar-refractivity contribution >= 4 is 57.8 Å². The van der Waals surface area contributed by atoms with E-state index in [0.717, 1.165) is 17.8 Å². The predicted octanol–water partition coefficient (Wildman–Crippen LogP) is 3.92. The fourth-order valence-electron chi connectivity index (χ4n) is 2.88. The molecule has 0 bridgehead atoms. The second-order valence-electron chi connectivity index (χ2n) is 6.58. The zero-order valence-corrected chi connectivity index (χ0v) is 18.3. The van der Waals surface area contributed by atoms with Crippen molar-refractivity contribution in [2.75, 3.05) is 11.9 Å². The van der Waals surface area contributed by atoms with Gasteiger partial charge in [0.25, 0.3) is 5.91 Å². The highest BCUT2D eigenvalue weighted by Gasteiger charge is 2.32. The molecule has 12 heteroatoms. The molecule has 1 saturated heterocycles. The van der Waals surface area contributed by atoms with E-state index in [9.17, 15) is 33.4 Å². The van der Waals surface area contributed by atoms with Gasteiger partial charge in [0.15, 0.2) is 0 Å². The number of carbonyl (C=O) groups excluding carboxylic acids is 2. The predicted molar refractivity (Wildman–Crippen MR) is 121 cm³/mol. The number of anilines is 1. The van der Waals surface area contributed by atoms with Gasteiger partial charge in [-0.05, 0) is 30.3 Å². The average molecular weight is 494 g/mol. The van der Waals surface area contributed by atoms with Crippen LogP contribution in [0.15, 0.2) is 47.4 Å². The van der Waals surface area contributed by atoms with E-state index in [1.54, 1.807) is 6.07 Å². The summed E-state index contributed by atoms with van der Waals surface area (Å²) in [6, 6.07) is 9.45. The van der Waals surface area contributed by atoms with Gasteiger partial charge in [0.05, 0.1) is 16.2 Å². The SMILES string of the molecule is O=C(CCN1C(=O)/C(=C/c2ccccc2OC(F)F)SC1=S)Nc1ccc(O)cc1C(=O)O. The number of thiocarbonyl (C=S) groups is 1. The van der Waals surface area contributed by atoms with Crippen molar-refractivity contribution in [2.24, 2.45) is 0 Å². The third kappa shape index (κ3) is 6.05. The number of benzene rings is 2. The monoisotopic (exact) mass is 494 g/mol. The molecule has 0 spiro atoms. The number of rotatable bonds is 8. The Labute approximate surface area is 195 Å². The first-order chi connectivity index (χ1) is 15.7. The van der Waals surface area contributed by atoms with E-state index in [1.807, 2.05) is 0 Å². The van der Waals surface area contributed by atoms with E-state index >= 15 is 0 Å². The Bertz CT molecular complexity index is 1160. The number of nitrogens with zero attached hydrogens (tertiary/aromatic N) is 1. The molecule has 2 aromatic carbocycles. The molecule has 0 saturated carbocycles. The highest BCUT2D eigenvalue weighted by molar-refractivity contribution is 8.26. The van der Waals surface area contributed by atoms with Gasteiger partial charge in [-0.3, -0.25) is 14.5 Å². The Morgan fingerprint density at radius 1 is 1.24 bits per heavy atom. The molecular weight excluding hydrogens is 478 g/mol. The lowest BCUT2D eigenvalue weighted by atomic mass is 10.1. The largest absolute Gasteiger partial charge is 0.508 e. The zero-order valence-electron chi connectivity index (χ0n) is 16.7. The molecule has 0 radical (unpaired) electrons. The summed E-state index contributed by atoms with van der Waals surface area (Å²) in [6.07, 6.45) is 1.19. The van der Waals surface area contributed by atoms with E-state index < -0.39 is 24.4 Å². The second-order valence-corrected chi connectivity index (χ2v) is 8.26. The molecule has 33 heavy (non-hydrogen) atoms. The van der Waals surface area contributed by atoms with Crippen molar-refractivity contribution in [3.05, 3.63) is 58.5 Å². The van der Waals surface area contributed by atoms with Crippen molar-refractivity contribution in [3.63, 3.8) is 0 Å². The molecule has 3 rings (SSSR count). The standard InChI is InChI=1S/C21H16F2N2O6S2/c22-20(23)31-15-4-2-1-3-11(15)9-16-18(28)25(21(32)33-16)8-7-17(27)24-14-6-5-12(26)10-13(14)19(29)30/h1-6,9-10,20,26H,7-8H2,(H,24,27)(H,29,30)/b16-9-. The topological polar surface area (TPSA) is 116 Å². The lowest BCUT2D eigenvalue weighted by Crippen LogP contribution is -2.31. The number of ether oxygens (including phenoxy) is 1. The number of amides is 2. The van der Waals surface area contributed by atoms with Crippen molar-refractivity contribution in [2.45, 2.75) is 13.0 Å². The summed E-state index contributed by atoms with van der Waals surface area (Å²) < 4.78 is 29.9. The number of alkyl halides is 2. The highest BCUT2D eigenvalue weighted by Crippen LogP contribution is 2.34. The van der Waals surface area contributed by atoms with Gasteiger partial charge >= 0.3 is 12.6 Å². The van der Waals surface area contributed by atoms with Crippen LogP contribution in [0, 0.1) is 0 Å². The molecular formula is C21H16F2N2O6S2. The Balaban J connectivity index is 1.67. The number of carbonyl (C=O) groups is 3. The second kappa shape index (κ2) is 10.4. The van der Waals surface area contributed by atoms with Crippen LogP contribution in [0.1, 0.15) is 22.3 Å². The minimum atomic E-state index is -3.03. The summed E-state index contributed by atoms with van der Waals surface area (Å²) in [5.74, 6) is -2.77. The summed E-state index contributed by atoms with van der Waals surface area (Å²) in [5, 5.41) is 21.1. The van der Waals surface area contributed by atoms with Gasteiger partial charge in [0.1, 0.15) is 15.8 Å². The first-order valence-corrected chi connectivity index (χ1v) is 10.5. The number of hydrogen-bond donors (Lipinski definition) is 3. The maximum atomic E-state index is 12.7. The molecule has 0 aliphatic carbocycles. The van der Waals surface area contributed by atoms with Crippen LogP contribution in [-0.2, 0) is 9.59 Å². The molecule has 1 aliphatic heterocycles. The number of phenols is 1. The van der Waals surface area contributed by atoms with E-state index in [2.05, 4.69) is 10.1 Å². The molecule has 1 aliphatic rings. The molecule has 0 atom stereocenters. The van der Waals surface area contributed by atoms with Gasteiger partial charge in [-0.1, -0.05) is 42.2 Å². The molecule has 2 aromatic rings. The van der Waals surface area contributed by atoms with E-state index in [4.69, 9.17) is 12.2 Å². The highest BCUT2D eigenvalue weighted by atomic mass is 32.2. The van der Waals surface area contributed by atoms with E-state index in [-0.39, 0.29) is 50.5 Å². The Morgan fingerprint density at radius 2 is 1.97 bits per heavy atom. The molecule has 3 N–H and O–H groups in total. The van der Waals surface area contributed by atoms with Gasteiger partial charge in [0, 0.05) is 18.5 Å². The third-order valence-corrected chi connectivity index (χ3v) is 5.74. The van der Waals surface area contributed by atoms with E-state index in [1.165, 1.54) is 41.3 Å². The van der Waals surface area contributed by atoms with Crippen LogP contribution < -0.4 is 10.1 Å². The smallest absolute Gasteiger partial charge is 0.387 e. The van der Waals surface area contributed by atoms with Crippen molar-refractivity contribution in [3.8, 4) is 11.5 Å². The number of carboxylic acids is 1. The van der Waals surface area contributed by atoms with Gasteiger partial charge < -0.3 is 20.3 Å². The Morgan fingerprint density at radius 3 is 2.67 bits per heavy atom. The lowest BCUT2D eigenvalue weighted by molar-refractivity contribution is -0.122. The summed E-state index contributed by atoms with van der Waals surface area (Å²) in [5.41, 5.74) is -0.0302. The molecule has 1 fully saturated rings. The molecule has 1 heterocycles. The van der Waals surface area contributed by atoms with Gasteiger partial charge in [-0.2, -0.15) is 8.78 Å². The first-order valence-electron chi connectivity index (χ1n) is 9.31. The minimum Gasteiger partial charge on any atom is -0.508 e. The van der Waals surface area contributed by atoms with Crippen LogP contribution in [0.25, 0.3) is 6.08 Å². The fourth-order valence-corrected chi connectivity index (χ4v) is 4.18. The van der Waals surface area contributed by atoms with Gasteiger partial charge in [-0.25, -0.2) is 4.79 Å². The molecule has 172 valence electrons. The van der Waals surface area contributed by atoms with Crippen LogP contribution in [0.4, 0.5) is 14.5 Å². The zero-order chi connectivity index (χ0) is 24.1. The average Bonchev–Trinajstić information content (AvgIpc) is 3.01. The Kier molecular flexibility index (Phi) is 7.61. The van der Waals surface area contributed by atoms with Gasteiger partial charge in [0.2, 0.25) is 5.91 Å². The van der Waals surface area contributed by atoms with Crippen molar-refractivity contribution < 1.29 is 38.1 Å².